The van der Waals surface area contributed by atoms with Gasteiger partial charge in [0.25, 0.3) is 5.91 Å². The van der Waals surface area contributed by atoms with Crippen molar-refractivity contribution in [3.63, 3.8) is 0 Å². The van der Waals surface area contributed by atoms with E-state index in [1.165, 1.54) is 18.7 Å². The van der Waals surface area contributed by atoms with Crippen molar-refractivity contribution in [3.8, 4) is 5.75 Å². The second kappa shape index (κ2) is 8.48. The summed E-state index contributed by atoms with van der Waals surface area (Å²) in [5.74, 6) is -0.121. The van der Waals surface area contributed by atoms with E-state index in [0.29, 0.717) is 17.2 Å². The van der Waals surface area contributed by atoms with Gasteiger partial charge >= 0.3 is 5.97 Å². The second-order valence-corrected chi connectivity index (χ2v) is 7.03. The Morgan fingerprint density at radius 3 is 2.58 bits per heavy atom. The largest absolute Gasteiger partial charge is 0.427 e. The van der Waals surface area contributed by atoms with Crippen LogP contribution in [0.2, 0.25) is 0 Å². The van der Waals surface area contributed by atoms with E-state index in [0.717, 1.165) is 36.9 Å². The van der Waals surface area contributed by atoms with Crippen LogP contribution < -0.4 is 4.74 Å². The highest BCUT2D eigenvalue weighted by atomic mass is 32.2. The Balaban J connectivity index is 1.61. The molecule has 1 aromatic rings. The summed E-state index contributed by atoms with van der Waals surface area (Å²) >= 11 is 1.38. The summed E-state index contributed by atoms with van der Waals surface area (Å²) in [6, 6.07) is 6.98. The number of benzene rings is 1. The zero-order chi connectivity index (χ0) is 18.5. The number of amidine groups is 1. The predicted molar refractivity (Wildman–Crippen MR) is 101 cm³/mol. The SMILES string of the molecule is CC(=O)Oc1ccc(/C=C2\SC(N3CCN(CCO)CC3)=NC2=O)cc1. The fourth-order valence-corrected chi connectivity index (χ4v) is 3.75. The minimum Gasteiger partial charge on any atom is -0.427 e. The monoisotopic (exact) mass is 375 g/mol. The molecule has 3 rings (SSSR count). The van der Waals surface area contributed by atoms with E-state index in [1.807, 2.05) is 0 Å². The molecule has 0 aliphatic carbocycles. The Hall–Kier alpha value is -2.16. The molecule has 0 unspecified atom stereocenters. The van der Waals surface area contributed by atoms with Gasteiger partial charge in [-0.2, -0.15) is 4.99 Å². The molecule has 2 heterocycles. The minimum absolute atomic E-state index is 0.164. The van der Waals surface area contributed by atoms with Gasteiger partial charge in [0.1, 0.15) is 5.75 Å². The first-order chi connectivity index (χ1) is 12.5. The number of nitrogens with zero attached hydrogens (tertiary/aromatic N) is 3. The van der Waals surface area contributed by atoms with Crippen LogP contribution in [-0.4, -0.2) is 71.3 Å². The van der Waals surface area contributed by atoms with Crippen LogP contribution in [-0.2, 0) is 9.59 Å². The summed E-state index contributed by atoms with van der Waals surface area (Å²) in [6.45, 7) is 5.49. The van der Waals surface area contributed by atoms with Gasteiger partial charge in [0.15, 0.2) is 5.17 Å². The highest BCUT2D eigenvalue weighted by Crippen LogP contribution is 2.31. The number of amides is 1. The van der Waals surface area contributed by atoms with Crippen molar-refractivity contribution in [2.45, 2.75) is 6.92 Å². The Kier molecular flexibility index (Phi) is 6.08. The van der Waals surface area contributed by atoms with Gasteiger partial charge in [0.05, 0.1) is 11.5 Å². The Bertz CT molecular complexity index is 737. The summed E-state index contributed by atoms with van der Waals surface area (Å²) in [7, 11) is 0. The van der Waals surface area contributed by atoms with Crippen LogP contribution in [0, 0.1) is 0 Å². The molecule has 0 aromatic heterocycles. The molecule has 1 saturated heterocycles. The van der Waals surface area contributed by atoms with Crippen LogP contribution in [0.5, 0.6) is 5.75 Å². The number of β-amino-alcohol motifs (C(OH)–C–C–N with tert-alkyl or cyclic N) is 1. The van der Waals surface area contributed by atoms with Gasteiger partial charge < -0.3 is 14.7 Å². The van der Waals surface area contributed by atoms with Crippen LogP contribution in [0.4, 0.5) is 0 Å². The lowest BCUT2D eigenvalue weighted by atomic mass is 10.2. The van der Waals surface area contributed by atoms with E-state index < -0.39 is 0 Å². The lowest BCUT2D eigenvalue weighted by Gasteiger charge is -2.34. The van der Waals surface area contributed by atoms with Crippen molar-refractivity contribution in [2.75, 3.05) is 39.3 Å². The normalized spacial score (nSPS) is 19.8. The number of carbonyl (C=O) groups is 2. The van der Waals surface area contributed by atoms with Crippen LogP contribution in [0.15, 0.2) is 34.2 Å². The number of aliphatic hydroxyl groups excluding tert-OH is 1. The molecule has 2 aliphatic heterocycles. The molecule has 0 saturated carbocycles. The van der Waals surface area contributed by atoms with Gasteiger partial charge in [0, 0.05) is 39.6 Å². The molecule has 138 valence electrons. The summed E-state index contributed by atoms with van der Waals surface area (Å²) in [5.41, 5.74) is 0.848. The molecule has 1 fully saturated rings. The first-order valence-corrected chi connectivity index (χ1v) is 9.26. The van der Waals surface area contributed by atoms with Crippen molar-refractivity contribution in [3.05, 3.63) is 34.7 Å². The fourth-order valence-electron chi connectivity index (χ4n) is 2.79. The molecule has 0 spiro atoms. The Morgan fingerprint density at radius 2 is 1.96 bits per heavy atom. The number of piperazine rings is 1. The standard InChI is InChI=1S/C18H21N3O4S/c1-13(23)25-15-4-2-14(3-5-15)12-16-17(24)19-18(26-16)21-8-6-20(7-9-21)10-11-22/h2-5,12,22H,6-11H2,1H3/b16-12-. The molecular formula is C18H21N3O4S. The zero-order valence-corrected chi connectivity index (χ0v) is 15.4. The highest BCUT2D eigenvalue weighted by Gasteiger charge is 2.28. The molecule has 0 radical (unpaired) electrons. The average Bonchev–Trinajstić information content (AvgIpc) is 2.98. The summed E-state index contributed by atoms with van der Waals surface area (Å²) in [6.07, 6.45) is 1.79. The molecule has 1 amide bonds. The number of rotatable bonds is 4. The van der Waals surface area contributed by atoms with Crippen molar-refractivity contribution in [1.29, 1.82) is 0 Å². The molecular weight excluding hydrogens is 354 g/mol. The molecule has 0 bridgehead atoms. The topological polar surface area (TPSA) is 82.4 Å². The third-order valence-electron chi connectivity index (χ3n) is 4.11. The van der Waals surface area contributed by atoms with E-state index in [-0.39, 0.29) is 18.5 Å². The first kappa shape index (κ1) is 18.6. The zero-order valence-electron chi connectivity index (χ0n) is 14.6. The lowest BCUT2D eigenvalue weighted by Crippen LogP contribution is -2.48. The summed E-state index contributed by atoms with van der Waals surface area (Å²) in [5, 5.41) is 9.74. The van der Waals surface area contributed by atoms with Crippen LogP contribution >= 0.6 is 11.8 Å². The summed E-state index contributed by atoms with van der Waals surface area (Å²) < 4.78 is 5.00. The number of carbonyl (C=O) groups excluding carboxylic acids is 2. The number of hydrogen-bond donors (Lipinski definition) is 1. The maximum atomic E-state index is 12.2. The van der Waals surface area contributed by atoms with Crippen molar-refractivity contribution in [1.82, 2.24) is 9.80 Å². The number of esters is 1. The maximum Gasteiger partial charge on any atom is 0.308 e. The molecule has 8 heteroatoms. The predicted octanol–water partition coefficient (Wildman–Crippen LogP) is 1.19. The van der Waals surface area contributed by atoms with Crippen LogP contribution in [0.25, 0.3) is 6.08 Å². The van der Waals surface area contributed by atoms with E-state index >= 15 is 0 Å². The molecule has 7 nitrogen and oxygen atoms in total. The third kappa shape index (κ3) is 4.72. The Morgan fingerprint density at radius 1 is 1.27 bits per heavy atom. The number of thioether (sulfide) groups is 1. The molecule has 0 atom stereocenters. The van der Waals surface area contributed by atoms with E-state index in [4.69, 9.17) is 9.84 Å². The third-order valence-corrected chi connectivity index (χ3v) is 5.15. The van der Waals surface area contributed by atoms with Gasteiger partial charge in [-0.25, -0.2) is 0 Å². The van der Waals surface area contributed by atoms with Gasteiger partial charge in [0.2, 0.25) is 0 Å². The highest BCUT2D eigenvalue weighted by molar-refractivity contribution is 8.18. The van der Waals surface area contributed by atoms with Gasteiger partial charge in [-0.1, -0.05) is 12.1 Å². The number of ether oxygens (including phenoxy) is 1. The fraction of sp³-hybridized carbons (Fsp3) is 0.389. The maximum absolute atomic E-state index is 12.2. The van der Waals surface area contributed by atoms with Crippen molar-refractivity contribution >= 4 is 34.9 Å². The molecule has 1 aromatic carbocycles. The number of aliphatic imine (C=N–C) groups is 1. The molecule has 1 N–H and O–H groups in total. The van der Waals surface area contributed by atoms with Crippen LogP contribution in [0.3, 0.4) is 0 Å². The van der Waals surface area contributed by atoms with Crippen LogP contribution in [0.1, 0.15) is 12.5 Å². The average molecular weight is 375 g/mol. The van der Waals surface area contributed by atoms with Crippen molar-refractivity contribution < 1.29 is 19.4 Å². The van der Waals surface area contributed by atoms with Gasteiger partial charge in [-0.05, 0) is 35.5 Å². The first-order valence-electron chi connectivity index (χ1n) is 8.44. The lowest BCUT2D eigenvalue weighted by molar-refractivity contribution is -0.131. The quantitative estimate of drug-likeness (QED) is 0.481. The van der Waals surface area contributed by atoms with E-state index in [9.17, 15) is 9.59 Å². The van der Waals surface area contributed by atoms with Gasteiger partial charge in [-0.3, -0.25) is 14.5 Å². The Labute approximate surface area is 156 Å². The molecule has 26 heavy (non-hydrogen) atoms. The number of aliphatic hydroxyl groups is 1. The molecule has 2 aliphatic rings. The van der Waals surface area contributed by atoms with Crippen molar-refractivity contribution in [2.24, 2.45) is 4.99 Å². The second-order valence-electron chi connectivity index (χ2n) is 6.03. The van der Waals surface area contributed by atoms with E-state index in [2.05, 4.69) is 14.8 Å². The van der Waals surface area contributed by atoms with E-state index in [1.54, 1.807) is 30.3 Å². The minimum atomic E-state index is -0.366. The number of hydrogen-bond acceptors (Lipinski definition) is 7. The summed E-state index contributed by atoms with van der Waals surface area (Å²) in [4.78, 5) is 32.2. The smallest absolute Gasteiger partial charge is 0.308 e. The van der Waals surface area contributed by atoms with Gasteiger partial charge in [-0.15, -0.1) is 0 Å².